The van der Waals surface area contributed by atoms with Gasteiger partial charge in [-0.3, -0.25) is 4.68 Å². The molecule has 0 amide bonds. The first kappa shape index (κ1) is 11.7. The van der Waals surface area contributed by atoms with Crippen molar-refractivity contribution in [2.24, 2.45) is 7.05 Å². The van der Waals surface area contributed by atoms with E-state index in [1.54, 1.807) is 4.68 Å². The summed E-state index contributed by atoms with van der Waals surface area (Å²) in [4.78, 5) is 0. The molecule has 90 valence electrons. The molecule has 5 nitrogen and oxygen atoms in total. The molecule has 0 fully saturated rings. The van der Waals surface area contributed by atoms with Crippen molar-refractivity contribution in [2.75, 3.05) is 7.05 Å². The third-order valence-corrected chi connectivity index (χ3v) is 2.80. The molecule has 17 heavy (non-hydrogen) atoms. The normalized spacial score (nSPS) is 12.7. The topological polar surface area (TPSA) is 55.6 Å². The zero-order valence-electron chi connectivity index (χ0n) is 10.6. The summed E-state index contributed by atoms with van der Waals surface area (Å²) in [6.07, 6.45) is 3.88. The Morgan fingerprint density at radius 3 is 2.65 bits per heavy atom. The summed E-state index contributed by atoms with van der Waals surface area (Å²) in [6.45, 7) is 3.92. The molecule has 1 unspecified atom stereocenters. The van der Waals surface area contributed by atoms with Gasteiger partial charge in [-0.25, -0.2) is 0 Å². The van der Waals surface area contributed by atoms with Gasteiger partial charge in [0, 0.05) is 18.8 Å². The van der Waals surface area contributed by atoms with E-state index in [-0.39, 0.29) is 6.04 Å². The van der Waals surface area contributed by atoms with E-state index in [2.05, 4.69) is 26.7 Å². The SMILES string of the molecule is CNC(c1cnn(C)c1)c1cc(C)nnc1C. The zero-order chi connectivity index (χ0) is 12.4. The number of rotatable bonds is 3. The van der Waals surface area contributed by atoms with Crippen molar-refractivity contribution < 1.29 is 0 Å². The average molecular weight is 231 g/mol. The molecule has 1 N–H and O–H groups in total. The zero-order valence-corrected chi connectivity index (χ0v) is 10.6. The Labute approximate surface area is 101 Å². The van der Waals surface area contributed by atoms with E-state index in [1.165, 1.54) is 0 Å². The molecule has 0 radical (unpaired) electrons. The third kappa shape index (κ3) is 2.34. The number of nitrogens with zero attached hydrogens (tertiary/aromatic N) is 4. The van der Waals surface area contributed by atoms with Crippen LogP contribution in [0.2, 0.25) is 0 Å². The van der Waals surface area contributed by atoms with Crippen molar-refractivity contribution in [3.05, 3.63) is 41.0 Å². The second-order valence-electron chi connectivity index (χ2n) is 4.20. The van der Waals surface area contributed by atoms with Gasteiger partial charge < -0.3 is 5.32 Å². The summed E-state index contributed by atoms with van der Waals surface area (Å²) in [7, 11) is 3.85. The lowest BCUT2D eigenvalue weighted by atomic mass is 10.0. The molecule has 1 atom stereocenters. The lowest BCUT2D eigenvalue weighted by Crippen LogP contribution is -2.19. The minimum Gasteiger partial charge on any atom is -0.309 e. The van der Waals surface area contributed by atoms with Crippen LogP contribution in [0.1, 0.15) is 28.6 Å². The fourth-order valence-corrected chi connectivity index (χ4v) is 1.95. The highest BCUT2D eigenvalue weighted by Gasteiger charge is 2.17. The van der Waals surface area contributed by atoms with Crippen molar-refractivity contribution >= 4 is 0 Å². The van der Waals surface area contributed by atoms with Gasteiger partial charge >= 0.3 is 0 Å². The van der Waals surface area contributed by atoms with Gasteiger partial charge in [0.2, 0.25) is 0 Å². The van der Waals surface area contributed by atoms with Gasteiger partial charge in [-0.1, -0.05) is 0 Å². The Morgan fingerprint density at radius 2 is 2.06 bits per heavy atom. The van der Waals surface area contributed by atoms with Gasteiger partial charge in [0.1, 0.15) is 0 Å². The van der Waals surface area contributed by atoms with E-state index in [0.29, 0.717) is 0 Å². The monoisotopic (exact) mass is 231 g/mol. The summed E-state index contributed by atoms with van der Waals surface area (Å²) < 4.78 is 1.80. The van der Waals surface area contributed by atoms with Crippen molar-refractivity contribution in [3.63, 3.8) is 0 Å². The lowest BCUT2D eigenvalue weighted by molar-refractivity contribution is 0.673. The van der Waals surface area contributed by atoms with E-state index in [9.17, 15) is 0 Å². The smallest absolute Gasteiger partial charge is 0.0651 e. The highest BCUT2D eigenvalue weighted by Crippen LogP contribution is 2.23. The Hall–Kier alpha value is -1.75. The van der Waals surface area contributed by atoms with E-state index in [0.717, 1.165) is 22.5 Å². The van der Waals surface area contributed by atoms with Crippen LogP contribution < -0.4 is 5.32 Å². The van der Waals surface area contributed by atoms with Crippen LogP contribution in [0.5, 0.6) is 0 Å². The second-order valence-corrected chi connectivity index (χ2v) is 4.20. The third-order valence-electron chi connectivity index (χ3n) is 2.80. The number of nitrogens with one attached hydrogen (secondary N) is 1. The Morgan fingerprint density at radius 1 is 1.29 bits per heavy atom. The van der Waals surface area contributed by atoms with Crippen molar-refractivity contribution in [1.29, 1.82) is 0 Å². The molecule has 2 heterocycles. The summed E-state index contributed by atoms with van der Waals surface area (Å²) in [5.41, 5.74) is 4.15. The summed E-state index contributed by atoms with van der Waals surface area (Å²) in [5, 5.41) is 15.7. The van der Waals surface area contributed by atoms with Crippen LogP contribution in [0.25, 0.3) is 0 Å². The van der Waals surface area contributed by atoms with Gasteiger partial charge in [-0.2, -0.15) is 15.3 Å². The molecule has 2 rings (SSSR count). The second kappa shape index (κ2) is 4.63. The average Bonchev–Trinajstić information content (AvgIpc) is 2.71. The van der Waals surface area contributed by atoms with Gasteiger partial charge in [-0.05, 0) is 32.5 Å². The van der Waals surface area contributed by atoms with Gasteiger partial charge in [-0.15, -0.1) is 0 Å². The van der Waals surface area contributed by atoms with Gasteiger partial charge in [0.05, 0.1) is 23.6 Å². The molecule has 0 aromatic carbocycles. The molecule has 0 spiro atoms. The van der Waals surface area contributed by atoms with Gasteiger partial charge in [0.25, 0.3) is 0 Å². The molecule has 0 aliphatic heterocycles. The molecule has 2 aromatic rings. The van der Waals surface area contributed by atoms with Crippen molar-refractivity contribution in [1.82, 2.24) is 25.3 Å². The van der Waals surface area contributed by atoms with Crippen LogP contribution in [0.3, 0.4) is 0 Å². The minimum atomic E-state index is 0.109. The van der Waals surface area contributed by atoms with Crippen LogP contribution >= 0.6 is 0 Å². The highest BCUT2D eigenvalue weighted by atomic mass is 15.2. The molecule has 0 saturated heterocycles. The summed E-state index contributed by atoms with van der Waals surface area (Å²) in [6, 6.07) is 2.18. The number of aromatic nitrogens is 4. The summed E-state index contributed by atoms with van der Waals surface area (Å²) >= 11 is 0. The number of aryl methyl sites for hydroxylation is 3. The van der Waals surface area contributed by atoms with E-state index < -0.39 is 0 Å². The molecule has 0 aliphatic carbocycles. The lowest BCUT2D eigenvalue weighted by Gasteiger charge is -2.16. The Kier molecular flexibility index (Phi) is 3.19. The van der Waals surface area contributed by atoms with Crippen LogP contribution in [0, 0.1) is 13.8 Å². The first-order chi connectivity index (χ1) is 8.11. The van der Waals surface area contributed by atoms with E-state index in [4.69, 9.17) is 0 Å². The first-order valence-corrected chi connectivity index (χ1v) is 5.58. The summed E-state index contributed by atoms with van der Waals surface area (Å²) in [5.74, 6) is 0. The van der Waals surface area contributed by atoms with Crippen LogP contribution in [-0.2, 0) is 7.05 Å². The Balaban J connectivity index is 2.45. The maximum absolute atomic E-state index is 4.20. The molecule has 0 aliphatic rings. The maximum atomic E-state index is 4.20. The predicted molar refractivity (Wildman–Crippen MR) is 65.6 cm³/mol. The van der Waals surface area contributed by atoms with Gasteiger partial charge in [0.15, 0.2) is 0 Å². The first-order valence-electron chi connectivity index (χ1n) is 5.58. The maximum Gasteiger partial charge on any atom is 0.0651 e. The number of hydrogen-bond donors (Lipinski definition) is 1. The fraction of sp³-hybridized carbons (Fsp3) is 0.417. The van der Waals surface area contributed by atoms with Crippen LogP contribution in [-0.4, -0.2) is 27.0 Å². The standard InChI is InChI=1S/C12H17N5/c1-8-5-11(9(2)16-15-8)12(13-3)10-6-14-17(4)7-10/h5-7,12-13H,1-4H3. The largest absolute Gasteiger partial charge is 0.309 e. The highest BCUT2D eigenvalue weighted by molar-refractivity contribution is 5.32. The Bertz CT molecular complexity index is 517. The molecule has 2 aromatic heterocycles. The molecule has 0 saturated carbocycles. The molecule has 0 bridgehead atoms. The van der Waals surface area contributed by atoms with Crippen LogP contribution in [0.15, 0.2) is 18.5 Å². The number of hydrogen-bond acceptors (Lipinski definition) is 4. The quantitative estimate of drug-likeness (QED) is 0.860. The molecule has 5 heteroatoms. The molecular weight excluding hydrogens is 214 g/mol. The van der Waals surface area contributed by atoms with E-state index >= 15 is 0 Å². The van der Waals surface area contributed by atoms with Crippen LogP contribution in [0.4, 0.5) is 0 Å². The van der Waals surface area contributed by atoms with Crippen molar-refractivity contribution in [2.45, 2.75) is 19.9 Å². The van der Waals surface area contributed by atoms with Crippen molar-refractivity contribution in [3.8, 4) is 0 Å². The van der Waals surface area contributed by atoms with E-state index in [1.807, 2.05) is 40.3 Å². The predicted octanol–water partition coefficient (Wildman–Crippen LogP) is 1.14. The fourth-order valence-electron chi connectivity index (χ4n) is 1.95. The molecular formula is C12H17N5. The minimum absolute atomic E-state index is 0.109.